The molecule has 0 spiro atoms. The molecule has 12 nitrogen and oxygen atoms in total. The van der Waals surface area contributed by atoms with Gasteiger partial charge >= 0.3 is 0 Å². The number of nitrogens with one attached hydrogen (secondary N) is 4. The zero-order chi connectivity index (χ0) is 33.4. The van der Waals surface area contributed by atoms with Crippen molar-refractivity contribution in [3.63, 3.8) is 0 Å². The first-order chi connectivity index (χ1) is 22.8. The molecule has 47 heavy (non-hydrogen) atoms. The second-order valence-corrected chi connectivity index (χ2v) is 10.9. The molecule has 0 bridgehead atoms. The molecule has 4 aromatic rings. The van der Waals surface area contributed by atoms with Crippen LogP contribution in [-0.2, 0) is 9.59 Å². The highest BCUT2D eigenvalue weighted by molar-refractivity contribution is 5.98. The summed E-state index contributed by atoms with van der Waals surface area (Å²) in [5.74, 6) is -1.28. The van der Waals surface area contributed by atoms with Crippen molar-refractivity contribution in [1.82, 2.24) is 41.2 Å². The van der Waals surface area contributed by atoms with Crippen LogP contribution in [0.15, 0.2) is 98.1 Å². The average molecular weight is 635 g/mol. The van der Waals surface area contributed by atoms with Crippen molar-refractivity contribution in [2.24, 2.45) is 0 Å². The number of nitrogens with zero attached hydrogens (tertiary/aromatic N) is 4. The molecule has 0 radical (unpaired) electrons. The molecule has 0 aliphatic carbocycles. The van der Waals surface area contributed by atoms with Crippen LogP contribution in [0, 0.1) is 0 Å². The Morgan fingerprint density at radius 1 is 0.660 bits per heavy atom. The molecule has 0 saturated heterocycles. The van der Waals surface area contributed by atoms with Crippen molar-refractivity contribution < 1.29 is 19.2 Å². The van der Waals surface area contributed by atoms with Crippen LogP contribution in [0.1, 0.15) is 53.3 Å². The van der Waals surface area contributed by atoms with Gasteiger partial charge < -0.3 is 21.3 Å². The Labute approximate surface area is 273 Å². The molecule has 242 valence electrons. The Balaban J connectivity index is 1.32. The van der Waals surface area contributed by atoms with Gasteiger partial charge in [0.1, 0.15) is 6.04 Å². The maximum atomic E-state index is 13.3. The van der Waals surface area contributed by atoms with Crippen molar-refractivity contribution in [1.29, 1.82) is 0 Å². The van der Waals surface area contributed by atoms with Crippen LogP contribution in [0.2, 0.25) is 0 Å². The smallest absolute Gasteiger partial charge is 0.253 e. The molecule has 4 amide bonds. The van der Waals surface area contributed by atoms with Gasteiger partial charge in [-0.25, -0.2) is 0 Å². The number of unbranched alkanes of at least 4 members (excludes halogenated alkanes) is 1. The molecule has 0 aliphatic heterocycles. The number of aromatic nitrogens is 4. The second kappa shape index (κ2) is 17.6. The van der Waals surface area contributed by atoms with Gasteiger partial charge in [0.25, 0.3) is 11.8 Å². The fourth-order valence-electron chi connectivity index (χ4n) is 4.57. The van der Waals surface area contributed by atoms with Crippen LogP contribution >= 0.6 is 0 Å². The van der Waals surface area contributed by atoms with E-state index in [-0.39, 0.29) is 17.7 Å². The number of amides is 4. The first-order valence-electron chi connectivity index (χ1n) is 15.3. The van der Waals surface area contributed by atoms with E-state index in [1.165, 1.54) is 12.4 Å². The van der Waals surface area contributed by atoms with Gasteiger partial charge in [0.15, 0.2) is 0 Å². The Kier molecular flexibility index (Phi) is 12.8. The van der Waals surface area contributed by atoms with E-state index in [2.05, 4.69) is 47.8 Å². The minimum absolute atomic E-state index is 0.242. The second-order valence-electron chi connectivity index (χ2n) is 10.9. The number of hydrogen-bond donors (Lipinski definition) is 4. The molecule has 1 atom stereocenters. The van der Waals surface area contributed by atoms with Gasteiger partial charge in [-0.15, -0.1) is 0 Å². The van der Waals surface area contributed by atoms with Crippen molar-refractivity contribution in [2.75, 3.05) is 19.6 Å². The van der Waals surface area contributed by atoms with Crippen LogP contribution in [0.3, 0.4) is 0 Å². The van der Waals surface area contributed by atoms with Crippen LogP contribution in [0.25, 0.3) is 22.3 Å². The van der Waals surface area contributed by atoms with Crippen LogP contribution in [0.4, 0.5) is 0 Å². The minimum atomic E-state index is -0.828. The SMILES string of the molecule is C=C(C)C(=O)NCCCNC(=O)C(CCCCNC(=O)c1cncc(-c2cccnc2)c1)NC(=O)c1cncc(-c2cccnc2)c1. The Hall–Kier alpha value is -5.78. The van der Waals surface area contributed by atoms with Crippen molar-refractivity contribution >= 4 is 23.6 Å². The molecular weight excluding hydrogens is 596 g/mol. The normalized spacial score (nSPS) is 11.2. The summed E-state index contributed by atoms with van der Waals surface area (Å²) in [5, 5.41) is 11.3. The quantitative estimate of drug-likeness (QED) is 0.107. The van der Waals surface area contributed by atoms with Gasteiger partial charge in [-0.2, -0.15) is 0 Å². The number of carbonyl (C=O) groups is 4. The monoisotopic (exact) mass is 634 g/mol. The van der Waals surface area contributed by atoms with E-state index < -0.39 is 11.9 Å². The summed E-state index contributed by atoms with van der Waals surface area (Å²) >= 11 is 0. The lowest BCUT2D eigenvalue weighted by atomic mass is 10.1. The highest BCUT2D eigenvalue weighted by Crippen LogP contribution is 2.19. The first-order valence-corrected chi connectivity index (χ1v) is 15.3. The Morgan fingerprint density at radius 2 is 1.21 bits per heavy atom. The highest BCUT2D eigenvalue weighted by atomic mass is 16.2. The number of carbonyl (C=O) groups excluding carboxylic acids is 4. The highest BCUT2D eigenvalue weighted by Gasteiger charge is 2.21. The van der Waals surface area contributed by atoms with Gasteiger partial charge in [0.05, 0.1) is 11.1 Å². The Morgan fingerprint density at radius 3 is 1.79 bits per heavy atom. The van der Waals surface area contributed by atoms with Gasteiger partial charge in [-0.05, 0) is 56.9 Å². The maximum Gasteiger partial charge on any atom is 0.253 e. The third kappa shape index (κ3) is 10.7. The molecule has 0 saturated carbocycles. The van der Waals surface area contributed by atoms with E-state index in [1.54, 1.807) is 62.3 Å². The molecule has 4 heterocycles. The maximum absolute atomic E-state index is 13.3. The summed E-state index contributed by atoms with van der Waals surface area (Å²) in [7, 11) is 0. The summed E-state index contributed by atoms with van der Waals surface area (Å²) in [6, 6.07) is 10.0. The fraction of sp³-hybridized carbons (Fsp3) is 0.257. The lowest BCUT2D eigenvalue weighted by molar-refractivity contribution is -0.123. The predicted molar refractivity (Wildman–Crippen MR) is 178 cm³/mol. The summed E-state index contributed by atoms with van der Waals surface area (Å²) in [5.41, 5.74) is 4.32. The van der Waals surface area contributed by atoms with E-state index in [0.29, 0.717) is 62.0 Å². The summed E-state index contributed by atoms with van der Waals surface area (Å²) in [6.45, 7) is 6.28. The lowest BCUT2D eigenvalue weighted by Gasteiger charge is -2.19. The lowest BCUT2D eigenvalue weighted by Crippen LogP contribution is -2.47. The van der Waals surface area contributed by atoms with Gasteiger partial charge in [0, 0.05) is 97.0 Å². The third-order valence-electron chi connectivity index (χ3n) is 7.14. The molecule has 0 fully saturated rings. The summed E-state index contributed by atoms with van der Waals surface area (Å²) < 4.78 is 0. The van der Waals surface area contributed by atoms with Crippen LogP contribution < -0.4 is 21.3 Å². The molecule has 0 aromatic carbocycles. The van der Waals surface area contributed by atoms with Crippen molar-refractivity contribution in [3.8, 4) is 22.3 Å². The molecule has 4 rings (SSSR count). The van der Waals surface area contributed by atoms with Crippen molar-refractivity contribution in [3.05, 3.63) is 109 Å². The number of rotatable bonds is 16. The van der Waals surface area contributed by atoms with E-state index in [1.807, 2.05) is 18.2 Å². The van der Waals surface area contributed by atoms with Crippen molar-refractivity contribution in [2.45, 2.75) is 38.6 Å². The summed E-state index contributed by atoms with van der Waals surface area (Å²) in [6.07, 6.45) is 15.0. The topological polar surface area (TPSA) is 168 Å². The molecule has 4 aromatic heterocycles. The molecule has 12 heteroatoms. The van der Waals surface area contributed by atoms with Crippen LogP contribution in [0.5, 0.6) is 0 Å². The number of pyridine rings is 4. The van der Waals surface area contributed by atoms with Crippen LogP contribution in [-0.4, -0.2) is 69.2 Å². The van der Waals surface area contributed by atoms with E-state index >= 15 is 0 Å². The largest absolute Gasteiger partial charge is 0.354 e. The average Bonchev–Trinajstić information content (AvgIpc) is 3.11. The van der Waals surface area contributed by atoms with Gasteiger partial charge in [-0.3, -0.25) is 39.1 Å². The minimum Gasteiger partial charge on any atom is -0.354 e. The van der Waals surface area contributed by atoms with E-state index in [0.717, 1.165) is 22.3 Å². The van der Waals surface area contributed by atoms with E-state index in [9.17, 15) is 19.2 Å². The summed E-state index contributed by atoms with van der Waals surface area (Å²) in [4.78, 5) is 67.5. The van der Waals surface area contributed by atoms with E-state index in [4.69, 9.17) is 0 Å². The van der Waals surface area contributed by atoms with Gasteiger partial charge in [-0.1, -0.05) is 18.7 Å². The predicted octanol–water partition coefficient (Wildman–Crippen LogP) is 3.50. The molecule has 0 aliphatic rings. The van der Waals surface area contributed by atoms with Gasteiger partial charge in [0.2, 0.25) is 11.8 Å². The zero-order valence-electron chi connectivity index (χ0n) is 26.2. The molecule has 1 unspecified atom stereocenters. The first kappa shape index (κ1) is 34.1. The standard InChI is InChI=1S/C35H38N8O4/c1-24(2)32(44)40-14-7-15-42-35(47)31(43-34(46)30-17-28(21-39-23-30)26-9-6-12-37-19-26)10-3-4-13-41-33(45)29-16-27(20-38-22-29)25-8-5-11-36-18-25/h5-6,8-9,11-12,16-23,31H,1,3-4,7,10,13-15H2,2H3,(H,40,44)(H,41,45)(H,42,47)(H,43,46). The third-order valence-corrected chi connectivity index (χ3v) is 7.14. The Bertz CT molecular complexity index is 1680. The zero-order valence-corrected chi connectivity index (χ0v) is 26.2. The molecular formula is C35H38N8O4. The fourth-order valence-corrected chi connectivity index (χ4v) is 4.57. The molecule has 4 N–H and O–H groups in total. The number of hydrogen-bond acceptors (Lipinski definition) is 8.